The summed E-state index contributed by atoms with van der Waals surface area (Å²) in [4.78, 5) is 2.87. The number of hydrogen-bond donors (Lipinski definition) is 3. The largest absolute Gasteiger partial charge is 0.497 e. The highest BCUT2D eigenvalue weighted by Gasteiger charge is 2.38. The van der Waals surface area contributed by atoms with Gasteiger partial charge in [0, 0.05) is 17.4 Å². The molecule has 0 fully saturated rings. The number of ether oxygens (including phenoxy) is 1. The van der Waals surface area contributed by atoms with Gasteiger partial charge in [0.05, 0.1) is 12.8 Å². The van der Waals surface area contributed by atoms with Crippen LogP contribution in [-0.2, 0) is 11.4 Å². The third kappa shape index (κ3) is 1.82. The highest BCUT2D eigenvalue weighted by molar-refractivity contribution is 7.99. The summed E-state index contributed by atoms with van der Waals surface area (Å²) in [5.74, 6) is 0.848. The van der Waals surface area contributed by atoms with E-state index >= 15 is 0 Å². The van der Waals surface area contributed by atoms with Crippen molar-refractivity contribution in [1.29, 1.82) is 5.26 Å². The van der Waals surface area contributed by atoms with Crippen LogP contribution in [0, 0.1) is 11.5 Å². The van der Waals surface area contributed by atoms with E-state index in [0.717, 1.165) is 29.9 Å². The summed E-state index contributed by atoms with van der Waals surface area (Å²) in [5, 5.41) is 16.5. The summed E-state index contributed by atoms with van der Waals surface area (Å²) in [6.45, 7) is 0.826. The number of benzene rings is 1. The fourth-order valence-corrected chi connectivity index (χ4v) is 3.55. The van der Waals surface area contributed by atoms with Crippen LogP contribution in [0.4, 0.5) is 0 Å². The number of fused-ring (bicyclic) bond motifs is 3. The average molecular weight is 288 g/mol. The van der Waals surface area contributed by atoms with Crippen LogP contribution in [0.15, 0.2) is 18.2 Å². The van der Waals surface area contributed by atoms with Gasteiger partial charge in [0.1, 0.15) is 5.75 Å². The maximum Gasteiger partial charge on any atom is 0.187 e. The molecule has 20 heavy (non-hydrogen) atoms. The summed E-state index contributed by atoms with van der Waals surface area (Å²) < 4.78 is 5.31. The van der Waals surface area contributed by atoms with Crippen molar-refractivity contribution < 1.29 is 4.74 Å². The highest BCUT2D eigenvalue weighted by atomic mass is 32.2. The Labute approximate surface area is 121 Å². The van der Waals surface area contributed by atoms with Crippen molar-refractivity contribution in [2.45, 2.75) is 11.4 Å². The number of aromatic nitrogens is 1. The first-order valence-corrected chi connectivity index (χ1v) is 7.62. The quantitative estimate of drug-likeness (QED) is 0.457. The summed E-state index contributed by atoms with van der Waals surface area (Å²) in [6.07, 6.45) is 4.97. The molecule has 0 amide bonds. The van der Waals surface area contributed by atoms with Gasteiger partial charge in [-0.3, -0.25) is 10.6 Å². The smallest absolute Gasteiger partial charge is 0.187 e. The van der Waals surface area contributed by atoms with Crippen molar-refractivity contribution in [2.24, 2.45) is 0 Å². The molecular formula is C14H16N4OS. The Bertz CT molecular complexity index is 690. The highest BCUT2D eigenvalue weighted by Crippen LogP contribution is 2.38. The molecule has 0 radical (unpaired) electrons. The zero-order valence-corrected chi connectivity index (χ0v) is 12.2. The van der Waals surface area contributed by atoms with Crippen LogP contribution in [0.2, 0.25) is 0 Å². The molecule has 1 aromatic carbocycles. The van der Waals surface area contributed by atoms with E-state index in [1.54, 1.807) is 18.9 Å². The molecule has 1 aromatic heterocycles. The standard InChI is InChI=1S/C14H16N4OS/c1-19-9-3-4-12-11(7-9)10-5-6-16-14(20-2,17-8-15)13(10)18-12/h3-4,7,16-18H,5-6H2,1-2H3/t14-/m0/s1. The second kappa shape index (κ2) is 4.93. The lowest BCUT2D eigenvalue weighted by Gasteiger charge is -2.35. The van der Waals surface area contributed by atoms with Gasteiger partial charge < -0.3 is 9.72 Å². The zero-order valence-electron chi connectivity index (χ0n) is 11.4. The molecular weight excluding hydrogens is 272 g/mol. The normalized spacial score (nSPS) is 21.2. The predicted octanol–water partition coefficient (Wildman–Crippen LogP) is 1.87. The minimum absolute atomic E-state index is 0.575. The molecule has 6 heteroatoms. The van der Waals surface area contributed by atoms with Gasteiger partial charge >= 0.3 is 0 Å². The Kier molecular flexibility index (Phi) is 3.24. The fraction of sp³-hybridized carbons (Fsp3) is 0.357. The SMILES string of the molecule is COc1ccc2[nH]c3c(c2c1)CCN[C@@]3(NC#N)SC. The lowest BCUT2D eigenvalue weighted by Crippen LogP contribution is -2.53. The van der Waals surface area contributed by atoms with Gasteiger partial charge in [-0.15, -0.1) is 11.8 Å². The monoisotopic (exact) mass is 288 g/mol. The van der Waals surface area contributed by atoms with Crippen LogP contribution < -0.4 is 15.4 Å². The minimum Gasteiger partial charge on any atom is -0.497 e. The van der Waals surface area contributed by atoms with Gasteiger partial charge in [-0.2, -0.15) is 5.26 Å². The van der Waals surface area contributed by atoms with Crippen molar-refractivity contribution in [3.8, 4) is 11.9 Å². The first kappa shape index (κ1) is 13.2. The van der Waals surface area contributed by atoms with Gasteiger partial charge in [0.15, 0.2) is 11.2 Å². The van der Waals surface area contributed by atoms with E-state index in [2.05, 4.69) is 21.8 Å². The van der Waals surface area contributed by atoms with Crippen molar-refractivity contribution in [3.63, 3.8) is 0 Å². The molecule has 0 spiro atoms. The number of H-pyrrole nitrogens is 1. The molecule has 0 saturated carbocycles. The number of nitrogens with zero attached hydrogens (tertiary/aromatic N) is 1. The first-order valence-electron chi connectivity index (χ1n) is 6.39. The molecule has 1 aliphatic heterocycles. The molecule has 5 nitrogen and oxygen atoms in total. The molecule has 0 unspecified atom stereocenters. The summed E-state index contributed by atoms with van der Waals surface area (Å²) >= 11 is 1.58. The second-order valence-electron chi connectivity index (χ2n) is 4.69. The van der Waals surface area contributed by atoms with E-state index < -0.39 is 4.99 Å². The summed E-state index contributed by atoms with van der Waals surface area (Å²) in [5.41, 5.74) is 3.34. The third-order valence-corrected chi connectivity index (χ3v) is 4.82. The van der Waals surface area contributed by atoms with Crippen LogP contribution in [0.5, 0.6) is 5.75 Å². The topological polar surface area (TPSA) is 72.9 Å². The number of rotatable bonds is 3. The van der Waals surface area contributed by atoms with E-state index in [4.69, 9.17) is 10.00 Å². The third-order valence-electron chi connectivity index (χ3n) is 3.75. The van der Waals surface area contributed by atoms with Gasteiger partial charge in [-0.1, -0.05) is 0 Å². The maximum atomic E-state index is 9.05. The van der Waals surface area contributed by atoms with E-state index in [1.807, 2.05) is 24.5 Å². The van der Waals surface area contributed by atoms with E-state index in [9.17, 15) is 0 Å². The Hall–Kier alpha value is -1.84. The average Bonchev–Trinajstić information content (AvgIpc) is 2.86. The van der Waals surface area contributed by atoms with Crippen molar-refractivity contribution in [3.05, 3.63) is 29.5 Å². The molecule has 2 heterocycles. The van der Waals surface area contributed by atoms with Crippen LogP contribution in [0.25, 0.3) is 10.9 Å². The van der Waals surface area contributed by atoms with Gasteiger partial charge in [-0.05, 0) is 36.4 Å². The Morgan fingerprint density at radius 3 is 3.05 bits per heavy atom. The molecule has 0 bridgehead atoms. The minimum atomic E-state index is -0.575. The molecule has 1 atom stereocenters. The van der Waals surface area contributed by atoms with Gasteiger partial charge in [-0.25, -0.2) is 0 Å². The number of nitriles is 1. The second-order valence-corrected chi connectivity index (χ2v) is 5.71. The Morgan fingerprint density at radius 1 is 1.50 bits per heavy atom. The lowest BCUT2D eigenvalue weighted by atomic mass is 10.0. The molecule has 3 N–H and O–H groups in total. The number of hydrogen-bond acceptors (Lipinski definition) is 5. The number of aromatic amines is 1. The molecule has 104 valence electrons. The van der Waals surface area contributed by atoms with E-state index in [0.29, 0.717) is 0 Å². The van der Waals surface area contributed by atoms with Gasteiger partial charge in [0.2, 0.25) is 0 Å². The van der Waals surface area contributed by atoms with Crippen molar-refractivity contribution >= 4 is 22.7 Å². The van der Waals surface area contributed by atoms with E-state index in [-0.39, 0.29) is 0 Å². The molecule has 0 saturated heterocycles. The van der Waals surface area contributed by atoms with Crippen LogP contribution in [-0.4, -0.2) is 24.9 Å². The molecule has 2 aromatic rings. The number of methoxy groups -OCH3 is 1. The fourth-order valence-electron chi connectivity index (χ4n) is 2.78. The first-order chi connectivity index (χ1) is 9.74. The Morgan fingerprint density at radius 2 is 2.35 bits per heavy atom. The summed E-state index contributed by atoms with van der Waals surface area (Å²) in [6, 6.07) is 6.01. The maximum absolute atomic E-state index is 9.05. The molecule has 3 rings (SSSR count). The number of nitrogens with one attached hydrogen (secondary N) is 3. The predicted molar refractivity (Wildman–Crippen MR) is 80.5 cm³/mol. The number of thioether (sulfide) groups is 1. The summed E-state index contributed by atoms with van der Waals surface area (Å²) in [7, 11) is 1.67. The van der Waals surface area contributed by atoms with Gasteiger partial charge in [0.25, 0.3) is 0 Å². The molecule has 1 aliphatic rings. The van der Waals surface area contributed by atoms with Crippen molar-refractivity contribution in [2.75, 3.05) is 19.9 Å². The lowest BCUT2D eigenvalue weighted by molar-refractivity contribution is 0.414. The molecule has 0 aliphatic carbocycles. The van der Waals surface area contributed by atoms with Crippen LogP contribution >= 0.6 is 11.8 Å². The van der Waals surface area contributed by atoms with Crippen molar-refractivity contribution in [1.82, 2.24) is 15.6 Å². The van der Waals surface area contributed by atoms with E-state index in [1.165, 1.54) is 10.9 Å². The van der Waals surface area contributed by atoms with Crippen LogP contribution in [0.1, 0.15) is 11.3 Å². The Balaban J connectivity index is 2.22. The zero-order chi connectivity index (χ0) is 14.2. The van der Waals surface area contributed by atoms with Crippen LogP contribution in [0.3, 0.4) is 0 Å².